The molecular weight excluding hydrogens is 256 g/mol. The molecular formula is C14H22N4O2. The molecule has 6 nitrogen and oxygen atoms in total. The van der Waals surface area contributed by atoms with Crippen LogP contribution in [0.3, 0.4) is 0 Å². The molecule has 2 fully saturated rings. The molecule has 2 atom stereocenters. The van der Waals surface area contributed by atoms with E-state index in [1.54, 1.807) is 17.1 Å². The summed E-state index contributed by atoms with van der Waals surface area (Å²) in [6.45, 7) is 3.18. The van der Waals surface area contributed by atoms with E-state index in [-0.39, 0.29) is 12.0 Å². The SMILES string of the molecule is Cn1cc(C(=O)N2CCN([C@H]3CCC[C@H]3O)CC2)cn1. The summed E-state index contributed by atoms with van der Waals surface area (Å²) in [4.78, 5) is 16.5. The van der Waals surface area contributed by atoms with Crippen molar-refractivity contribution in [2.24, 2.45) is 7.05 Å². The zero-order chi connectivity index (χ0) is 14.1. The van der Waals surface area contributed by atoms with Gasteiger partial charge < -0.3 is 10.0 Å². The molecule has 1 aromatic heterocycles. The Hall–Kier alpha value is -1.40. The van der Waals surface area contributed by atoms with Gasteiger partial charge in [0.25, 0.3) is 5.91 Å². The van der Waals surface area contributed by atoms with Gasteiger partial charge in [0.05, 0.1) is 17.9 Å². The maximum Gasteiger partial charge on any atom is 0.257 e. The third kappa shape index (κ3) is 2.58. The second-order valence-corrected chi connectivity index (χ2v) is 5.80. The lowest BCUT2D eigenvalue weighted by Gasteiger charge is -2.39. The molecule has 2 aliphatic rings. The predicted molar refractivity (Wildman–Crippen MR) is 74.3 cm³/mol. The predicted octanol–water partition coefficient (Wildman–Crippen LogP) is 0.0913. The quantitative estimate of drug-likeness (QED) is 0.833. The second-order valence-electron chi connectivity index (χ2n) is 5.80. The highest BCUT2D eigenvalue weighted by Crippen LogP contribution is 2.25. The average Bonchev–Trinajstić information content (AvgIpc) is 3.07. The van der Waals surface area contributed by atoms with Gasteiger partial charge in [0, 0.05) is 45.5 Å². The van der Waals surface area contributed by atoms with E-state index in [1.807, 2.05) is 11.9 Å². The maximum atomic E-state index is 12.3. The summed E-state index contributed by atoms with van der Waals surface area (Å²) in [6.07, 6.45) is 6.30. The number of nitrogens with zero attached hydrogens (tertiary/aromatic N) is 4. The highest BCUT2D eigenvalue weighted by Gasteiger charge is 2.33. The number of aliphatic hydroxyl groups excluding tert-OH is 1. The van der Waals surface area contributed by atoms with E-state index in [1.165, 1.54) is 0 Å². The highest BCUT2D eigenvalue weighted by atomic mass is 16.3. The van der Waals surface area contributed by atoms with Gasteiger partial charge >= 0.3 is 0 Å². The standard InChI is InChI=1S/C14H22N4O2/c1-16-10-11(9-15-16)14(20)18-7-5-17(6-8-18)12-3-2-4-13(12)19/h9-10,12-13,19H,2-8H2,1H3/t12-,13+/m0/s1. The summed E-state index contributed by atoms with van der Waals surface area (Å²) >= 11 is 0. The first-order valence-electron chi connectivity index (χ1n) is 7.35. The van der Waals surface area contributed by atoms with Gasteiger partial charge in [-0.2, -0.15) is 5.10 Å². The Labute approximate surface area is 119 Å². The topological polar surface area (TPSA) is 61.6 Å². The zero-order valence-corrected chi connectivity index (χ0v) is 11.9. The molecule has 6 heteroatoms. The number of rotatable bonds is 2. The summed E-state index contributed by atoms with van der Waals surface area (Å²) in [5.41, 5.74) is 0.654. The van der Waals surface area contributed by atoms with Gasteiger partial charge in [0.15, 0.2) is 0 Å². The third-order valence-electron chi connectivity index (χ3n) is 4.47. The number of carbonyl (C=O) groups is 1. The van der Waals surface area contributed by atoms with Gasteiger partial charge in [0.1, 0.15) is 0 Å². The lowest BCUT2D eigenvalue weighted by Crippen LogP contribution is -2.53. The van der Waals surface area contributed by atoms with Gasteiger partial charge in [-0.15, -0.1) is 0 Å². The molecule has 1 saturated heterocycles. The Bertz CT molecular complexity index is 479. The van der Waals surface area contributed by atoms with Crippen molar-refractivity contribution in [3.63, 3.8) is 0 Å². The summed E-state index contributed by atoms with van der Waals surface area (Å²) in [5, 5.41) is 14.0. The number of hydrogen-bond donors (Lipinski definition) is 1. The number of aliphatic hydroxyl groups is 1. The minimum atomic E-state index is -0.185. The van der Waals surface area contributed by atoms with Crippen molar-refractivity contribution >= 4 is 5.91 Å². The largest absolute Gasteiger partial charge is 0.391 e. The molecule has 1 N–H and O–H groups in total. The molecule has 2 heterocycles. The molecule has 0 unspecified atom stereocenters. The molecule has 1 amide bonds. The van der Waals surface area contributed by atoms with Crippen LogP contribution in [0, 0.1) is 0 Å². The van der Waals surface area contributed by atoms with Crippen LogP contribution in [-0.4, -0.2) is 68.9 Å². The van der Waals surface area contributed by atoms with Gasteiger partial charge in [-0.3, -0.25) is 14.4 Å². The molecule has 0 bridgehead atoms. The lowest BCUT2D eigenvalue weighted by molar-refractivity contribution is 0.0315. The van der Waals surface area contributed by atoms with Crippen LogP contribution in [-0.2, 0) is 7.05 Å². The minimum Gasteiger partial charge on any atom is -0.391 e. The second kappa shape index (κ2) is 5.54. The molecule has 1 aromatic rings. The fourth-order valence-electron chi connectivity index (χ4n) is 3.32. The Morgan fingerprint density at radius 3 is 2.60 bits per heavy atom. The van der Waals surface area contributed by atoms with E-state index in [2.05, 4.69) is 10.00 Å². The lowest BCUT2D eigenvalue weighted by atomic mass is 10.1. The first-order chi connectivity index (χ1) is 9.65. The van der Waals surface area contributed by atoms with E-state index in [0.717, 1.165) is 45.4 Å². The Morgan fingerprint density at radius 2 is 2.05 bits per heavy atom. The van der Waals surface area contributed by atoms with Crippen molar-refractivity contribution < 1.29 is 9.90 Å². The summed E-state index contributed by atoms with van der Waals surface area (Å²) in [5.74, 6) is 0.0599. The Balaban J connectivity index is 1.57. The molecule has 0 spiro atoms. The smallest absolute Gasteiger partial charge is 0.257 e. The monoisotopic (exact) mass is 278 g/mol. The highest BCUT2D eigenvalue weighted by molar-refractivity contribution is 5.93. The zero-order valence-electron chi connectivity index (χ0n) is 11.9. The fraction of sp³-hybridized carbons (Fsp3) is 0.714. The summed E-state index contributed by atoms with van der Waals surface area (Å²) in [7, 11) is 1.82. The van der Waals surface area contributed by atoms with Crippen molar-refractivity contribution in [2.75, 3.05) is 26.2 Å². The van der Waals surface area contributed by atoms with Crippen LogP contribution in [0.5, 0.6) is 0 Å². The third-order valence-corrected chi connectivity index (χ3v) is 4.47. The number of aryl methyl sites for hydroxylation is 1. The van der Waals surface area contributed by atoms with Gasteiger partial charge in [0.2, 0.25) is 0 Å². The first-order valence-corrected chi connectivity index (χ1v) is 7.35. The maximum absolute atomic E-state index is 12.3. The normalized spacial score (nSPS) is 28.0. The van der Waals surface area contributed by atoms with Crippen LogP contribution in [0.4, 0.5) is 0 Å². The number of carbonyl (C=O) groups excluding carboxylic acids is 1. The molecule has 0 radical (unpaired) electrons. The van der Waals surface area contributed by atoms with Crippen molar-refractivity contribution in [1.29, 1.82) is 0 Å². The van der Waals surface area contributed by atoms with Crippen LogP contribution in [0.2, 0.25) is 0 Å². The van der Waals surface area contributed by atoms with E-state index in [4.69, 9.17) is 0 Å². The minimum absolute atomic E-state index is 0.0599. The van der Waals surface area contributed by atoms with Gasteiger partial charge in [-0.1, -0.05) is 0 Å². The molecule has 0 aromatic carbocycles. The number of piperazine rings is 1. The van der Waals surface area contributed by atoms with Crippen LogP contribution in [0.1, 0.15) is 29.6 Å². The molecule has 110 valence electrons. The van der Waals surface area contributed by atoms with Crippen LogP contribution < -0.4 is 0 Å². The number of amides is 1. The molecule has 20 heavy (non-hydrogen) atoms. The Kier molecular flexibility index (Phi) is 3.76. The molecule has 3 rings (SSSR count). The van der Waals surface area contributed by atoms with Crippen molar-refractivity contribution in [1.82, 2.24) is 19.6 Å². The van der Waals surface area contributed by atoms with Gasteiger partial charge in [-0.05, 0) is 19.3 Å². The van der Waals surface area contributed by atoms with E-state index >= 15 is 0 Å². The summed E-state index contributed by atoms with van der Waals surface area (Å²) in [6, 6.07) is 0.297. The van der Waals surface area contributed by atoms with Crippen molar-refractivity contribution in [3.05, 3.63) is 18.0 Å². The Morgan fingerprint density at radius 1 is 1.30 bits per heavy atom. The summed E-state index contributed by atoms with van der Waals surface area (Å²) < 4.78 is 1.65. The number of hydrogen-bond acceptors (Lipinski definition) is 4. The van der Waals surface area contributed by atoms with Gasteiger partial charge in [-0.25, -0.2) is 0 Å². The molecule has 1 aliphatic heterocycles. The van der Waals surface area contributed by atoms with Crippen LogP contribution in [0.25, 0.3) is 0 Å². The average molecular weight is 278 g/mol. The van der Waals surface area contributed by atoms with Crippen LogP contribution >= 0.6 is 0 Å². The molecule has 1 saturated carbocycles. The fourth-order valence-corrected chi connectivity index (χ4v) is 3.32. The van der Waals surface area contributed by atoms with E-state index in [0.29, 0.717) is 11.6 Å². The molecule has 1 aliphatic carbocycles. The van der Waals surface area contributed by atoms with E-state index < -0.39 is 0 Å². The van der Waals surface area contributed by atoms with Crippen molar-refractivity contribution in [2.45, 2.75) is 31.4 Å². The van der Waals surface area contributed by atoms with Crippen LogP contribution in [0.15, 0.2) is 12.4 Å². The first kappa shape index (κ1) is 13.6. The number of aromatic nitrogens is 2. The van der Waals surface area contributed by atoms with E-state index in [9.17, 15) is 9.90 Å². The van der Waals surface area contributed by atoms with Crippen molar-refractivity contribution in [3.8, 4) is 0 Å².